The quantitative estimate of drug-likeness (QED) is 0.591. The molecule has 1 heterocycles. The van der Waals surface area contributed by atoms with Gasteiger partial charge in [-0.2, -0.15) is 0 Å². The van der Waals surface area contributed by atoms with Crippen molar-refractivity contribution in [3.63, 3.8) is 0 Å². The highest BCUT2D eigenvalue weighted by molar-refractivity contribution is 5.64. The molecule has 0 aliphatic heterocycles. The summed E-state index contributed by atoms with van der Waals surface area (Å²) in [5.74, 6) is -1.05. The number of hydrogen-bond donors (Lipinski definition) is 0. The summed E-state index contributed by atoms with van der Waals surface area (Å²) in [4.78, 5) is 10.2. The summed E-state index contributed by atoms with van der Waals surface area (Å²) in [6, 6.07) is 3.77. The van der Waals surface area contributed by atoms with Crippen molar-refractivity contribution in [3.8, 4) is 0 Å². The lowest BCUT2D eigenvalue weighted by molar-refractivity contribution is -0.306. The predicted molar refractivity (Wildman–Crippen MR) is 38.9 cm³/mol. The third-order valence-electron chi connectivity index (χ3n) is 1.70. The molecule has 1 aromatic heterocycles. The van der Waals surface area contributed by atoms with Gasteiger partial charge in [0.2, 0.25) is 0 Å². The van der Waals surface area contributed by atoms with Crippen LogP contribution in [0, 0.1) is 13.8 Å². The maximum absolute atomic E-state index is 10.2. The highest BCUT2D eigenvalue weighted by atomic mass is 16.4. The summed E-state index contributed by atoms with van der Waals surface area (Å²) in [6.07, 6.45) is 0. The summed E-state index contributed by atoms with van der Waals surface area (Å²) < 4.78 is 1.70. The number of aromatic nitrogens is 1. The number of carbonyl (C=O) groups is 1. The highest BCUT2D eigenvalue weighted by Gasteiger charge is 1.99. The first kappa shape index (κ1) is 7.85. The van der Waals surface area contributed by atoms with Crippen molar-refractivity contribution >= 4 is 5.97 Å². The van der Waals surface area contributed by atoms with E-state index in [4.69, 9.17) is 0 Å². The summed E-state index contributed by atoms with van der Waals surface area (Å²) in [5, 5.41) is 10.2. The molecule has 1 aromatic rings. The Labute approximate surface area is 65.3 Å². The Morgan fingerprint density at radius 1 is 1.45 bits per heavy atom. The van der Waals surface area contributed by atoms with E-state index in [1.165, 1.54) is 0 Å². The first-order valence-corrected chi connectivity index (χ1v) is 3.44. The standard InChI is InChI=1S/C8H11NO2/c1-6-3-4-7(2)9(6)5-8(10)11/h3-4H,5H2,1-2H3,(H,10,11)/p-1. The predicted octanol–water partition coefficient (Wildman–Crippen LogP) is -0.145. The molecule has 0 N–H and O–H groups in total. The zero-order valence-corrected chi connectivity index (χ0v) is 6.63. The van der Waals surface area contributed by atoms with E-state index in [2.05, 4.69) is 0 Å². The molecule has 0 saturated heterocycles. The summed E-state index contributed by atoms with van der Waals surface area (Å²) >= 11 is 0. The number of carboxylic acids is 1. The number of nitrogens with zero attached hydrogens (tertiary/aromatic N) is 1. The van der Waals surface area contributed by atoms with Crippen molar-refractivity contribution in [1.82, 2.24) is 4.57 Å². The van der Waals surface area contributed by atoms with Crippen molar-refractivity contribution in [1.29, 1.82) is 0 Å². The Balaban J connectivity index is 2.92. The Morgan fingerprint density at radius 3 is 2.27 bits per heavy atom. The normalized spacial score (nSPS) is 10.0. The van der Waals surface area contributed by atoms with Gasteiger partial charge in [-0.05, 0) is 26.0 Å². The molecule has 0 aromatic carbocycles. The van der Waals surface area contributed by atoms with Crippen LogP contribution in [0.25, 0.3) is 0 Å². The maximum atomic E-state index is 10.2. The lowest BCUT2D eigenvalue weighted by Gasteiger charge is -2.08. The second kappa shape index (κ2) is 2.78. The molecule has 1 rings (SSSR count). The zero-order chi connectivity index (χ0) is 8.43. The van der Waals surface area contributed by atoms with Crippen LogP contribution < -0.4 is 5.11 Å². The molecule has 0 aliphatic rings. The van der Waals surface area contributed by atoms with Gasteiger partial charge in [-0.25, -0.2) is 0 Å². The van der Waals surface area contributed by atoms with Crippen LogP contribution in [0.3, 0.4) is 0 Å². The molecule has 0 unspecified atom stereocenters. The minimum atomic E-state index is -1.05. The number of carbonyl (C=O) groups excluding carboxylic acids is 1. The molecule has 0 saturated carbocycles. The van der Waals surface area contributed by atoms with Crippen molar-refractivity contribution < 1.29 is 9.90 Å². The highest BCUT2D eigenvalue weighted by Crippen LogP contribution is 2.05. The first-order valence-electron chi connectivity index (χ1n) is 3.44. The van der Waals surface area contributed by atoms with E-state index in [-0.39, 0.29) is 6.54 Å². The maximum Gasteiger partial charge on any atom is 0.0620 e. The first-order chi connectivity index (χ1) is 5.11. The van der Waals surface area contributed by atoms with Crippen LogP contribution >= 0.6 is 0 Å². The molecule has 0 fully saturated rings. The Morgan fingerprint density at radius 2 is 1.91 bits per heavy atom. The lowest BCUT2D eigenvalue weighted by atomic mass is 10.5. The van der Waals surface area contributed by atoms with Crippen LogP contribution in [-0.2, 0) is 11.3 Å². The molecular formula is C8H10NO2-. The fraction of sp³-hybridized carbons (Fsp3) is 0.375. The lowest BCUT2D eigenvalue weighted by Crippen LogP contribution is -2.28. The van der Waals surface area contributed by atoms with Crippen LogP contribution in [0.5, 0.6) is 0 Å². The van der Waals surface area contributed by atoms with E-state index < -0.39 is 5.97 Å². The van der Waals surface area contributed by atoms with Crippen molar-refractivity contribution in [2.24, 2.45) is 0 Å². The van der Waals surface area contributed by atoms with Crippen molar-refractivity contribution in [3.05, 3.63) is 23.5 Å². The fourth-order valence-corrected chi connectivity index (χ4v) is 1.08. The number of aryl methyl sites for hydroxylation is 2. The molecule has 0 spiro atoms. The molecule has 11 heavy (non-hydrogen) atoms. The van der Waals surface area contributed by atoms with Gasteiger partial charge < -0.3 is 14.5 Å². The third kappa shape index (κ3) is 1.61. The number of aliphatic carboxylic acids is 1. The Hall–Kier alpha value is -1.25. The Kier molecular flexibility index (Phi) is 1.98. The smallest absolute Gasteiger partial charge is 0.0620 e. The number of hydrogen-bond acceptors (Lipinski definition) is 2. The molecular weight excluding hydrogens is 142 g/mol. The molecule has 60 valence electrons. The van der Waals surface area contributed by atoms with Crippen molar-refractivity contribution in [2.45, 2.75) is 20.4 Å². The van der Waals surface area contributed by atoms with E-state index in [9.17, 15) is 9.90 Å². The molecule has 0 amide bonds. The summed E-state index contributed by atoms with van der Waals surface area (Å²) in [7, 11) is 0. The second-order valence-corrected chi connectivity index (χ2v) is 2.57. The van der Waals surface area contributed by atoms with Crippen LogP contribution in [-0.4, -0.2) is 10.5 Å². The SMILES string of the molecule is Cc1ccc(C)n1CC(=O)[O-]. The molecule has 3 heteroatoms. The fourth-order valence-electron chi connectivity index (χ4n) is 1.08. The molecule has 0 atom stereocenters. The zero-order valence-electron chi connectivity index (χ0n) is 6.63. The average Bonchev–Trinajstić information content (AvgIpc) is 2.18. The van der Waals surface area contributed by atoms with Gasteiger partial charge in [0.15, 0.2) is 0 Å². The van der Waals surface area contributed by atoms with Gasteiger partial charge in [-0.3, -0.25) is 0 Å². The van der Waals surface area contributed by atoms with Crippen molar-refractivity contribution in [2.75, 3.05) is 0 Å². The average molecular weight is 152 g/mol. The van der Waals surface area contributed by atoms with E-state index >= 15 is 0 Å². The van der Waals surface area contributed by atoms with Gasteiger partial charge in [0.1, 0.15) is 0 Å². The Bertz CT molecular complexity index is 256. The third-order valence-corrected chi connectivity index (χ3v) is 1.70. The summed E-state index contributed by atoms with van der Waals surface area (Å²) in [5.41, 5.74) is 1.90. The molecule has 0 bridgehead atoms. The van der Waals surface area contributed by atoms with E-state index in [1.54, 1.807) is 4.57 Å². The van der Waals surface area contributed by atoms with Gasteiger partial charge in [0, 0.05) is 11.4 Å². The second-order valence-electron chi connectivity index (χ2n) is 2.57. The van der Waals surface area contributed by atoms with Gasteiger partial charge in [-0.15, -0.1) is 0 Å². The topological polar surface area (TPSA) is 45.1 Å². The number of rotatable bonds is 2. The molecule has 3 nitrogen and oxygen atoms in total. The monoisotopic (exact) mass is 152 g/mol. The van der Waals surface area contributed by atoms with Crippen LogP contribution in [0.2, 0.25) is 0 Å². The molecule has 0 aliphatic carbocycles. The van der Waals surface area contributed by atoms with Gasteiger partial charge in [0.25, 0.3) is 0 Å². The van der Waals surface area contributed by atoms with Gasteiger partial charge in [-0.1, -0.05) is 0 Å². The van der Waals surface area contributed by atoms with Crippen LogP contribution in [0.15, 0.2) is 12.1 Å². The van der Waals surface area contributed by atoms with Gasteiger partial charge >= 0.3 is 0 Å². The number of carboxylic acid groups (broad SMARTS) is 1. The summed E-state index contributed by atoms with van der Waals surface area (Å²) in [6.45, 7) is 3.69. The minimum Gasteiger partial charge on any atom is -0.548 e. The van der Waals surface area contributed by atoms with E-state index in [0.717, 1.165) is 11.4 Å². The minimum absolute atomic E-state index is 0.0509. The van der Waals surface area contributed by atoms with Crippen LogP contribution in [0.1, 0.15) is 11.4 Å². The molecule has 0 radical (unpaired) electrons. The van der Waals surface area contributed by atoms with E-state index in [1.807, 2.05) is 26.0 Å². The van der Waals surface area contributed by atoms with Crippen LogP contribution in [0.4, 0.5) is 0 Å². The van der Waals surface area contributed by atoms with Gasteiger partial charge in [0.05, 0.1) is 12.5 Å². The largest absolute Gasteiger partial charge is 0.548 e. The van der Waals surface area contributed by atoms with E-state index in [0.29, 0.717) is 0 Å².